The summed E-state index contributed by atoms with van der Waals surface area (Å²) in [7, 11) is -2.70. The number of nitro benzene ring substituents is 1. The molecule has 5 nitrogen and oxygen atoms in total. The van der Waals surface area contributed by atoms with Crippen molar-refractivity contribution in [1.82, 2.24) is 4.98 Å². The van der Waals surface area contributed by atoms with Gasteiger partial charge in [0.25, 0.3) is 5.69 Å². The summed E-state index contributed by atoms with van der Waals surface area (Å²) in [5.74, 6) is 0. The van der Waals surface area contributed by atoms with E-state index in [1.54, 1.807) is 19.1 Å². The Labute approximate surface area is 195 Å². The minimum absolute atomic E-state index is 0.0388. The Morgan fingerprint density at radius 2 is 1.64 bits per heavy atom. The summed E-state index contributed by atoms with van der Waals surface area (Å²) in [4.78, 5) is 14.1. The Hall–Kier alpha value is -3.03. The number of aryl methyl sites for hydroxylation is 1. The van der Waals surface area contributed by atoms with Crippen molar-refractivity contribution in [1.29, 1.82) is 0 Å². The van der Waals surface area contributed by atoms with Crippen LogP contribution in [0.4, 0.5) is 14.3 Å². The van der Waals surface area contributed by atoms with Gasteiger partial charge >= 0.3 is 7.40 Å². The van der Waals surface area contributed by atoms with Gasteiger partial charge in [-0.15, -0.1) is 0 Å². The standard InChI is InChI=1S/C23H26BF2N3O2.C2H6/c1-7-19-13(3)22(27-15(19)5)21(17-9-11-18(12-10-17)29(30)31)23-14(4)20(8-2)16(6)28(23)24(25)26;1-2/h9-12H,7-8H2,1-6H3;1-2H3/p+1. The van der Waals surface area contributed by atoms with Gasteiger partial charge in [-0.3, -0.25) is 10.1 Å². The van der Waals surface area contributed by atoms with Gasteiger partial charge in [0.2, 0.25) is 0 Å². The van der Waals surface area contributed by atoms with Crippen molar-refractivity contribution >= 4 is 24.4 Å². The maximum atomic E-state index is 14.3. The SMILES string of the molecule is CC.CCC1=C(C)/C(=C(\c2ccc([N+](=O)[O-])cc2)c2[nH]c(C)c(CC)c2C)[N+](B(F)F)=C1C. The number of hydrogen-bond acceptors (Lipinski definition) is 2. The molecule has 0 saturated carbocycles. The zero-order valence-corrected chi connectivity index (χ0v) is 20.8. The predicted molar refractivity (Wildman–Crippen MR) is 132 cm³/mol. The summed E-state index contributed by atoms with van der Waals surface area (Å²) in [6.07, 6.45) is 1.46. The molecule has 2 aromatic rings. The van der Waals surface area contributed by atoms with E-state index in [0.29, 0.717) is 29.0 Å². The van der Waals surface area contributed by atoms with Gasteiger partial charge in [-0.1, -0.05) is 27.7 Å². The largest absolute Gasteiger partial charge is 0.934 e. The highest BCUT2D eigenvalue weighted by Crippen LogP contribution is 2.39. The fourth-order valence-corrected chi connectivity index (χ4v) is 4.70. The summed E-state index contributed by atoms with van der Waals surface area (Å²) in [5.41, 5.74) is 7.86. The molecule has 176 valence electrons. The fourth-order valence-electron chi connectivity index (χ4n) is 4.70. The van der Waals surface area contributed by atoms with Crippen LogP contribution in [-0.4, -0.2) is 27.5 Å². The number of aromatic amines is 1. The summed E-state index contributed by atoms with van der Waals surface area (Å²) in [5, 5.41) is 11.1. The van der Waals surface area contributed by atoms with Crippen molar-refractivity contribution < 1.29 is 18.0 Å². The number of rotatable bonds is 6. The molecule has 0 spiro atoms. The highest BCUT2D eigenvalue weighted by Gasteiger charge is 2.47. The molecule has 1 aliphatic heterocycles. The third kappa shape index (κ3) is 4.70. The number of non-ortho nitro benzene ring substituents is 1. The Bertz CT molecular complexity index is 1140. The minimum atomic E-state index is -2.70. The summed E-state index contributed by atoms with van der Waals surface area (Å²) in [6.45, 7) is 15.6. The van der Waals surface area contributed by atoms with Crippen LogP contribution < -0.4 is 0 Å². The molecule has 0 atom stereocenters. The third-order valence-electron chi connectivity index (χ3n) is 6.20. The van der Waals surface area contributed by atoms with Gasteiger partial charge in [0.1, 0.15) is 0 Å². The number of H-pyrrole nitrogens is 1. The molecule has 33 heavy (non-hydrogen) atoms. The number of hydrogen-bond donors (Lipinski definition) is 1. The molecule has 0 aliphatic carbocycles. The Kier molecular flexibility index (Phi) is 8.53. The number of benzene rings is 1. The second kappa shape index (κ2) is 10.7. The van der Waals surface area contributed by atoms with Crippen LogP contribution >= 0.6 is 0 Å². The first-order valence-corrected chi connectivity index (χ1v) is 11.4. The van der Waals surface area contributed by atoms with Crippen LogP contribution in [0.3, 0.4) is 0 Å². The highest BCUT2D eigenvalue weighted by molar-refractivity contribution is 6.35. The van der Waals surface area contributed by atoms with Crippen molar-refractivity contribution in [3.8, 4) is 0 Å². The third-order valence-corrected chi connectivity index (χ3v) is 6.20. The number of nitro groups is 1. The molecule has 1 aromatic heterocycles. The van der Waals surface area contributed by atoms with Crippen LogP contribution in [0.25, 0.3) is 5.57 Å². The molecule has 1 aromatic carbocycles. The molecule has 0 amide bonds. The molecule has 2 heterocycles. The molecule has 0 saturated heterocycles. The second-order valence-electron chi connectivity index (χ2n) is 7.80. The van der Waals surface area contributed by atoms with Crippen molar-refractivity contribution in [2.24, 2.45) is 0 Å². The summed E-state index contributed by atoms with van der Waals surface area (Å²) >= 11 is 0. The van der Waals surface area contributed by atoms with E-state index in [-0.39, 0.29) is 5.69 Å². The first-order valence-electron chi connectivity index (χ1n) is 11.4. The van der Waals surface area contributed by atoms with Crippen LogP contribution in [0.2, 0.25) is 0 Å². The normalized spacial score (nSPS) is 15.0. The van der Waals surface area contributed by atoms with Crippen molar-refractivity contribution in [3.05, 3.63) is 79.3 Å². The first kappa shape index (κ1) is 26.2. The maximum absolute atomic E-state index is 14.3. The molecular formula is C25H33BF2N3O2+. The van der Waals surface area contributed by atoms with E-state index in [2.05, 4.69) is 11.9 Å². The summed E-state index contributed by atoms with van der Waals surface area (Å²) < 4.78 is 29.7. The smallest absolute Gasteiger partial charge is 0.358 e. The van der Waals surface area contributed by atoms with Gasteiger partial charge in [0.15, 0.2) is 11.4 Å². The lowest BCUT2D eigenvalue weighted by molar-refractivity contribution is -0.384. The van der Waals surface area contributed by atoms with Crippen LogP contribution in [0, 0.1) is 24.0 Å². The average molecular weight is 456 g/mol. The molecule has 1 aliphatic rings. The number of aromatic nitrogens is 1. The minimum Gasteiger partial charge on any atom is -0.358 e. The molecule has 0 fully saturated rings. The Balaban J connectivity index is 0.00000187. The predicted octanol–water partition coefficient (Wildman–Crippen LogP) is 7.03. The van der Waals surface area contributed by atoms with Gasteiger partial charge < -0.3 is 4.98 Å². The zero-order chi connectivity index (χ0) is 25.0. The van der Waals surface area contributed by atoms with Crippen LogP contribution in [0.5, 0.6) is 0 Å². The molecule has 0 bridgehead atoms. The van der Waals surface area contributed by atoms with Crippen LogP contribution in [0.15, 0.2) is 41.1 Å². The molecule has 0 radical (unpaired) electrons. The van der Waals surface area contributed by atoms with Gasteiger partial charge in [-0.2, -0.15) is 0 Å². The fraction of sp³-hybridized carbons (Fsp3) is 0.400. The lowest BCUT2D eigenvalue weighted by Crippen LogP contribution is -2.25. The summed E-state index contributed by atoms with van der Waals surface area (Å²) in [6, 6.07) is 6.11. The molecule has 3 rings (SSSR count). The van der Waals surface area contributed by atoms with E-state index in [1.165, 1.54) is 12.1 Å². The second-order valence-corrected chi connectivity index (χ2v) is 7.80. The van der Waals surface area contributed by atoms with E-state index in [4.69, 9.17) is 0 Å². The van der Waals surface area contributed by atoms with Gasteiger partial charge in [-0.05, 0) is 62.4 Å². The highest BCUT2D eigenvalue weighted by atomic mass is 19.2. The average Bonchev–Trinajstić information content (AvgIpc) is 3.21. The van der Waals surface area contributed by atoms with E-state index in [1.807, 2.05) is 41.5 Å². The van der Waals surface area contributed by atoms with Crippen molar-refractivity contribution in [3.63, 3.8) is 0 Å². The molecule has 1 N–H and O–H groups in total. The number of allylic oxidation sites excluding steroid dienone is 2. The van der Waals surface area contributed by atoms with Crippen LogP contribution in [-0.2, 0) is 6.42 Å². The Morgan fingerprint density at radius 1 is 1.06 bits per heavy atom. The molecular weight excluding hydrogens is 423 g/mol. The number of nitrogens with zero attached hydrogens (tertiary/aromatic N) is 2. The van der Waals surface area contributed by atoms with Gasteiger partial charge in [0.05, 0.1) is 16.2 Å². The lowest BCUT2D eigenvalue weighted by Gasteiger charge is -2.12. The molecule has 8 heteroatoms. The Morgan fingerprint density at radius 3 is 2.06 bits per heavy atom. The van der Waals surface area contributed by atoms with E-state index >= 15 is 0 Å². The monoisotopic (exact) mass is 456 g/mol. The quantitative estimate of drug-likeness (QED) is 0.288. The zero-order valence-electron chi connectivity index (χ0n) is 20.8. The first-order chi connectivity index (χ1) is 15.6. The number of halogens is 2. The van der Waals surface area contributed by atoms with E-state index < -0.39 is 12.3 Å². The topological polar surface area (TPSA) is 61.9 Å². The van der Waals surface area contributed by atoms with Crippen LogP contribution in [0.1, 0.15) is 76.0 Å². The molecule has 0 unspecified atom stereocenters. The maximum Gasteiger partial charge on any atom is 0.934 e. The number of nitrogens with one attached hydrogen (secondary N) is 1. The van der Waals surface area contributed by atoms with Gasteiger partial charge in [-0.25, -0.2) is 13.1 Å². The van der Waals surface area contributed by atoms with E-state index in [9.17, 15) is 18.7 Å². The van der Waals surface area contributed by atoms with E-state index in [0.717, 1.165) is 44.6 Å². The van der Waals surface area contributed by atoms with Crippen molar-refractivity contribution in [2.45, 2.75) is 68.2 Å². The van der Waals surface area contributed by atoms with Gasteiger partial charge in [0, 0.05) is 35.9 Å². The van der Waals surface area contributed by atoms with Crippen molar-refractivity contribution in [2.75, 3.05) is 0 Å². The lowest BCUT2D eigenvalue weighted by atomic mass is 9.92.